The standard InChI is InChI=1S/C13H16N4O2/c14-8-2-3-9(15-7-8)6-10-11(18)17-13(4-1-5-13)12(19)16-10/h2-3,7,10H,1,4-6,14H2,(H,16,19)(H,17,18). The highest BCUT2D eigenvalue weighted by atomic mass is 16.2. The Morgan fingerprint density at radius 1 is 1.37 bits per heavy atom. The molecule has 6 heteroatoms. The molecule has 1 aromatic heterocycles. The maximum Gasteiger partial charge on any atom is 0.246 e. The Balaban J connectivity index is 1.70. The van der Waals surface area contributed by atoms with Crippen LogP contribution in [0.15, 0.2) is 18.3 Å². The summed E-state index contributed by atoms with van der Waals surface area (Å²) >= 11 is 0. The number of nitrogens with zero attached hydrogens (tertiary/aromatic N) is 1. The third kappa shape index (κ3) is 2.03. The van der Waals surface area contributed by atoms with E-state index in [2.05, 4.69) is 15.6 Å². The van der Waals surface area contributed by atoms with Gasteiger partial charge in [0.25, 0.3) is 0 Å². The summed E-state index contributed by atoms with van der Waals surface area (Å²) in [7, 11) is 0. The van der Waals surface area contributed by atoms with Crippen molar-refractivity contribution < 1.29 is 9.59 Å². The lowest BCUT2D eigenvalue weighted by Gasteiger charge is -2.45. The first-order valence-electron chi connectivity index (χ1n) is 6.42. The van der Waals surface area contributed by atoms with Crippen LogP contribution in [0.25, 0.3) is 0 Å². The number of pyridine rings is 1. The SMILES string of the molecule is Nc1ccc(CC2NC(=O)C3(CCC3)NC2=O)nc1. The van der Waals surface area contributed by atoms with E-state index in [4.69, 9.17) is 5.73 Å². The summed E-state index contributed by atoms with van der Waals surface area (Å²) in [5.74, 6) is -0.197. The second-order valence-electron chi connectivity index (χ2n) is 5.24. The second kappa shape index (κ2) is 4.22. The molecule has 100 valence electrons. The van der Waals surface area contributed by atoms with Crippen molar-refractivity contribution in [1.29, 1.82) is 0 Å². The molecule has 1 saturated carbocycles. The molecular weight excluding hydrogens is 244 g/mol. The number of rotatable bonds is 2. The number of nitrogens with one attached hydrogen (secondary N) is 2. The molecule has 1 spiro atoms. The summed E-state index contributed by atoms with van der Waals surface area (Å²) in [6.07, 6.45) is 4.38. The van der Waals surface area contributed by atoms with Crippen LogP contribution in [0.1, 0.15) is 25.0 Å². The van der Waals surface area contributed by atoms with Crippen molar-refractivity contribution in [3.05, 3.63) is 24.0 Å². The van der Waals surface area contributed by atoms with Crippen molar-refractivity contribution in [3.8, 4) is 0 Å². The fourth-order valence-corrected chi connectivity index (χ4v) is 2.53. The van der Waals surface area contributed by atoms with Crippen molar-refractivity contribution in [1.82, 2.24) is 15.6 Å². The normalized spacial score (nSPS) is 24.5. The van der Waals surface area contributed by atoms with Crippen molar-refractivity contribution >= 4 is 17.5 Å². The van der Waals surface area contributed by atoms with Crippen LogP contribution in [-0.2, 0) is 16.0 Å². The predicted molar refractivity (Wildman–Crippen MR) is 69.0 cm³/mol. The van der Waals surface area contributed by atoms with Crippen LogP contribution < -0.4 is 16.4 Å². The summed E-state index contributed by atoms with van der Waals surface area (Å²) in [6, 6.07) is 2.95. The van der Waals surface area contributed by atoms with E-state index in [-0.39, 0.29) is 11.8 Å². The Morgan fingerprint density at radius 2 is 2.16 bits per heavy atom. The second-order valence-corrected chi connectivity index (χ2v) is 5.24. The van der Waals surface area contributed by atoms with Crippen LogP contribution in [0.5, 0.6) is 0 Å². The zero-order valence-corrected chi connectivity index (χ0v) is 10.5. The first-order chi connectivity index (χ1) is 9.09. The van der Waals surface area contributed by atoms with E-state index in [1.165, 1.54) is 0 Å². The first-order valence-corrected chi connectivity index (χ1v) is 6.42. The van der Waals surface area contributed by atoms with Gasteiger partial charge < -0.3 is 16.4 Å². The van der Waals surface area contributed by atoms with Gasteiger partial charge in [0.05, 0.1) is 11.9 Å². The Labute approximate surface area is 110 Å². The molecule has 2 heterocycles. The lowest BCUT2D eigenvalue weighted by molar-refractivity contribution is -0.145. The van der Waals surface area contributed by atoms with E-state index in [1.807, 2.05) is 0 Å². The minimum absolute atomic E-state index is 0.0706. The molecule has 2 fully saturated rings. The van der Waals surface area contributed by atoms with Gasteiger partial charge in [-0.2, -0.15) is 0 Å². The van der Waals surface area contributed by atoms with Crippen molar-refractivity contribution in [2.24, 2.45) is 0 Å². The van der Waals surface area contributed by atoms with Gasteiger partial charge >= 0.3 is 0 Å². The number of hydrogen-bond acceptors (Lipinski definition) is 4. The van der Waals surface area contributed by atoms with Crippen LogP contribution in [0.2, 0.25) is 0 Å². The molecule has 2 amide bonds. The van der Waals surface area contributed by atoms with Crippen LogP contribution in [0.3, 0.4) is 0 Å². The van der Waals surface area contributed by atoms with Crippen LogP contribution in [0, 0.1) is 0 Å². The molecule has 0 bridgehead atoms. The lowest BCUT2D eigenvalue weighted by Crippen LogP contribution is -2.72. The van der Waals surface area contributed by atoms with E-state index in [0.29, 0.717) is 12.1 Å². The largest absolute Gasteiger partial charge is 0.397 e. The van der Waals surface area contributed by atoms with E-state index in [9.17, 15) is 9.59 Å². The number of anilines is 1. The fourth-order valence-electron chi connectivity index (χ4n) is 2.53. The van der Waals surface area contributed by atoms with Gasteiger partial charge in [-0.05, 0) is 31.4 Å². The molecular formula is C13H16N4O2. The Hall–Kier alpha value is -2.11. The van der Waals surface area contributed by atoms with Gasteiger partial charge in [-0.3, -0.25) is 14.6 Å². The zero-order valence-electron chi connectivity index (χ0n) is 10.5. The smallest absolute Gasteiger partial charge is 0.246 e. The molecule has 6 nitrogen and oxygen atoms in total. The van der Waals surface area contributed by atoms with Gasteiger partial charge in [-0.25, -0.2) is 0 Å². The molecule has 1 unspecified atom stereocenters. The predicted octanol–water partition coefficient (Wildman–Crippen LogP) is -0.256. The maximum atomic E-state index is 12.0. The van der Waals surface area contributed by atoms with Crippen LogP contribution in [0.4, 0.5) is 5.69 Å². The molecule has 1 atom stereocenters. The minimum Gasteiger partial charge on any atom is -0.397 e. The molecule has 2 aliphatic rings. The Bertz CT molecular complexity index is 522. The van der Waals surface area contributed by atoms with E-state index < -0.39 is 11.6 Å². The quantitative estimate of drug-likeness (QED) is 0.682. The maximum absolute atomic E-state index is 12.0. The minimum atomic E-state index is -0.637. The van der Waals surface area contributed by atoms with Gasteiger partial charge in [0.15, 0.2) is 0 Å². The zero-order chi connectivity index (χ0) is 13.5. The van der Waals surface area contributed by atoms with E-state index in [0.717, 1.165) is 25.0 Å². The van der Waals surface area contributed by atoms with Gasteiger partial charge in [-0.1, -0.05) is 0 Å². The molecule has 0 aromatic carbocycles. The molecule has 19 heavy (non-hydrogen) atoms. The number of aromatic nitrogens is 1. The molecule has 1 aromatic rings. The summed E-state index contributed by atoms with van der Waals surface area (Å²) in [4.78, 5) is 28.2. The molecule has 1 aliphatic heterocycles. The third-order valence-electron chi connectivity index (χ3n) is 3.89. The topological polar surface area (TPSA) is 97.1 Å². The number of hydrogen-bond donors (Lipinski definition) is 3. The number of carbonyl (C=O) groups is 2. The third-order valence-corrected chi connectivity index (χ3v) is 3.89. The number of carbonyl (C=O) groups excluding carboxylic acids is 2. The first kappa shape index (κ1) is 12.0. The molecule has 3 rings (SSSR count). The summed E-state index contributed by atoms with van der Waals surface area (Å²) < 4.78 is 0. The highest BCUT2D eigenvalue weighted by Gasteiger charge is 2.50. The molecule has 1 saturated heterocycles. The Kier molecular flexibility index (Phi) is 2.66. The summed E-state index contributed by atoms with van der Waals surface area (Å²) in [6.45, 7) is 0. The highest BCUT2D eigenvalue weighted by molar-refractivity contribution is 6.00. The number of nitrogen functional groups attached to an aromatic ring is 1. The van der Waals surface area contributed by atoms with Gasteiger partial charge in [0, 0.05) is 12.1 Å². The highest BCUT2D eigenvalue weighted by Crippen LogP contribution is 2.33. The van der Waals surface area contributed by atoms with Crippen LogP contribution >= 0.6 is 0 Å². The molecule has 4 N–H and O–H groups in total. The number of piperazine rings is 1. The Morgan fingerprint density at radius 3 is 2.74 bits per heavy atom. The van der Waals surface area contributed by atoms with Gasteiger partial charge in [-0.15, -0.1) is 0 Å². The fraction of sp³-hybridized carbons (Fsp3) is 0.462. The average Bonchev–Trinajstić information content (AvgIpc) is 2.34. The number of nitrogens with two attached hydrogens (primary N) is 1. The summed E-state index contributed by atoms with van der Waals surface area (Å²) in [5, 5.41) is 5.66. The molecule has 1 aliphatic carbocycles. The monoisotopic (exact) mass is 260 g/mol. The average molecular weight is 260 g/mol. The van der Waals surface area contributed by atoms with Crippen molar-refractivity contribution in [3.63, 3.8) is 0 Å². The van der Waals surface area contributed by atoms with Crippen molar-refractivity contribution in [2.75, 3.05) is 5.73 Å². The van der Waals surface area contributed by atoms with Crippen LogP contribution in [-0.4, -0.2) is 28.4 Å². The van der Waals surface area contributed by atoms with Crippen molar-refractivity contribution in [2.45, 2.75) is 37.3 Å². The van der Waals surface area contributed by atoms with Gasteiger partial charge in [0.2, 0.25) is 11.8 Å². The lowest BCUT2D eigenvalue weighted by atomic mass is 9.74. The summed E-state index contributed by atoms with van der Waals surface area (Å²) in [5.41, 5.74) is 6.24. The molecule has 0 radical (unpaired) electrons. The number of amides is 2. The van der Waals surface area contributed by atoms with E-state index in [1.54, 1.807) is 18.3 Å². The van der Waals surface area contributed by atoms with E-state index >= 15 is 0 Å². The van der Waals surface area contributed by atoms with Gasteiger partial charge in [0.1, 0.15) is 11.6 Å².